The van der Waals surface area contributed by atoms with E-state index in [4.69, 9.17) is 14.2 Å². The molecule has 1 aliphatic heterocycles. The molecule has 4 bridgehead atoms. The molecule has 3 fully saturated rings. The lowest BCUT2D eigenvalue weighted by molar-refractivity contribution is -0.167. The van der Waals surface area contributed by atoms with E-state index >= 15 is 0 Å². The van der Waals surface area contributed by atoms with Crippen molar-refractivity contribution in [3.05, 3.63) is 71.8 Å². The van der Waals surface area contributed by atoms with E-state index < -0.39 is 17.8 Å². The second kappa shape index (κ2) is 8.88. The molecule has 2 aromatic carbocycles. The van der Waals surface area contributed by atoms with Crippen LogP contribution in [0, 0.1) is 17.8 Å². The molecule has 3 aliphatic rings. The van der Waals surface area contributed by atoms with E-state index in [9.17, 15) is 10.2 Å². The SMILES string of the molecule is C[C@H]1[C@@H](OCc2ccccc2)[C@@H]2O[C@@]3([C@@H](C)O)C[C@@H](O)C[C@@H]2[C@H]3[C@@H]1OCc1ccccc1. The average Bonchev–Trinajstić information content (AvgIpc) is 2.94. The van der Waals surface area contributed by atoms with Crippen LogP contribution in [0.5, 0.6) is 0 Å². The van der Waals surface area contributed by atoms with Gasteiger partial charge in [-0.3, -0.25) is 0 Å². The summed E-state index contributed by atoms with van der Waals surface area (Å²) in [6, 6.07) is 20.3. The molecule has 2 aliphatic carbocycles. The maximum absolute atomic E-state index is 10.9. The minimum atomic E-state index is -0.798. The topological polar surface area (TPSA) is 68.2 Å². The van der Waals surface area contributed by atoms with Gasteiger partial charge in [0.1, 0.15) is 5.60 Å². The quantitative estimate of drug-likeness (QED) is 0.690. The highest BCUT2D eigenvalue weighted by Gasteiger charge is 2.69. The molecule has 2 N–H and O–H groups in total. The summed E-state index contributed by atoms with van der Waals surface area (Å²) in [5.74, 6) is 0.238. The fraction of sp³-hybridized carbons (Fsp3) is 0.556. The highest BCUT2D eigenvalue weighted by Crippen LogP contribution is 2.59. The predicted octanol–water partition coefficient (Wildman–Crippen LogP) is 3.71. The first-order valence-corrected chi connectivity index (χ1v) is 11.8. The van der Waals surface area contributed by atoms with Crippen LogP contribution in [0.3, 0.4) is 0 Å². The Bertz CT molecular complexity index is 887. The van der Waals surface area contributed by atoms with Crippen LogP contribution in [0.4, 0.5) is 0 Å². The van der Waals surface area contributed by atoms with Gasteiger partial charge in [-0.15, -0.1) is 0 Å². The summed E-state index contributed by atoms with van der Waals surface area (Å²) in [5.41, 5.74) is 1.45. The maximum atomic E-state index is 10.9. The van der Waals surface area contributed by atoms with Crippen molar-refractivity contribution >= 4 is 0 Å². The third-order valence-electron chi connectivity index (χ3n) is 7.89. The molecule has 0 unspecified atom stereocenters. The average molecular weight is 439 g/mol. The lowest BCUT2D eigenvalue weighted by atomic mass is 9.59. The zero-order valence-electron chi connectivity index (χ0n) is 18.8. The minimum absolute atomic E-state index is 0.0335. The van der Waals surface area contributed by atoms with Crippen LogP contribution in [0.25, 0.3) is 0 Å². The van der Waals surface area contributed by atoms with E-state index in [1.165, 1.54) is 0 Å². The normalized spacial score (nSPS) is 39.1. The Balaban J connectivity index is 1.44. The highest BCUT2D eigenvalue weighted by molar-refractivity contribution is 5.19. The Labute approximate surface area is 190 Å². The first-order valence-electron chi connectivity index (χ1n) is 11.8. The molecule has 5 heteroatoms. The Hall–Kier alpha value is -1.76. The number of rotatable bonds is 7. The van der Waals surface area contributed by atoms with Crippen molar-refractivity contribution in [2.75, 3.05) is 0 Å². The molecule has 32 heavy (non-hydrogen) atoms. The largest absolute Gasteiger partial charge is 0.393 e. The van der Waals surface area contributed by atoms with Gasteiger partial charge in [-0.2, -0.15) is 0 Å². The third-order valence-corrected chi connectivity index (χ3v) is 7.89. The van der Waals surface area contributed by atoms with Gasteiger partial charge in [0.05, 0.1) is 43.7 Å². The van der Waals surface area contributed by atoms with Gasteiger partial charge < -0.3 is 24.4 Å². The van der Waals surface area contributed by atoms with Gasteiger partial charge in [0.2, 0.25) is 0 Å². The van der Waals surface area contributed by atoms with Crippen LogP contribution in [0.1, 0.15) is 37.8 Å². The molecule has 0 amide bonds. The molecule has 1 heterocycles. The molecule has 2 aromatic rings. The van der Waals surface area contributed by atoms with Gasteiger partial charge in [-0.1, -0.05) is 67.6 Å². The van der Waals surface area contributed by atoms with Gasteiger partial charge in [0.25, 0.3) is 0 Å². The van der Waals surface area contributed by atoms with Crippen molar-refractivity contribution in [3.8, 4) is 0 Å². The summed E-state index contributed by atoms with van der Waals surface area (Å²) in [4.78, 5) is 0. The molecule has 1 saturated heterocycles. The van der Waals surface area contributed by atoms with Gasteiger partial charge >= 0.3 is 0 Å². The summed E-state index contributed by atoms with van der Waals surface area (Å²) in [7, 11) is 0. The van der Waals surface area contributed by atoms with Crippen molar-refractivity contribution in [2.45, 2.75) is 76.0 Å². The van der Waals surface area contributed by atoms with Gasteiger partial charge in [0.15, 0.2) is 0 Å². The summed E-state index contributed by atoms with van der Waals surface area (Å²) in [6.45, 7) is 4.98. The van der Waals surface area contributed by atoms with Gasteiger partial charge in [0, 0.05) is 18.3 Å². The molecular weight excluding hydrogens is 404 g/mol. The van der Waals surface area contributed by atoms with Crippen LogP contribution in [0.2, 0.25) is 0 Å². The zero-order chi connectivity index (χ0) is 22.3. The summed E-state index contributed by atoms with van der Waals surface area (Å²) >= 11 is 0. The minimum Gasteiger partial charge on any atom is -0.393 e. The molecule has 172 valence electrons. The summed E-state index contributed by atoms with van der Waals surface area (Å²) in [6.07, 6.45) is -0.517. The van der Waals surface area contributed by atoms with E-state index in [-0.39, 0.29) is 36.1 Å². The molecule has 5 rings (SSSR count). The molecule has 0 aromatic heterocycles. The van der Waals surface area contributed by atoms with Crippen molar-refractivity contribution in [3.63, 3.8) is 0 Å². The predicted molar refractivity (Wildman–Crippen MR) is 121 cm³/mol. The number of ether oxygens (including phenoxy) is 3. The fourth-order valence-electron chi connectivity index (χ4n) is 6.45. The Morgan fingerprint density at radius 1 is 0.969 bits per heavy atom. The second-order valence-electron chi connectivity index (χ2n) is 9.88. The van der Waals surface area contributed by atoms with Crippen LogP contribution in [-0.2, 0) is 27.4 Å². The molecular formula is C27H34O5. The molecule has 9 atom stereocenters. The lowest BCUT2D eigenvalue weighted by Crippen LogP contribution is -2.60. The smallest absolute Gasteiger partial charge is 0.102 e. The molecule has 0 spiro atoms. The number of benzene rings is 2. The maximum Gasteiger partial charge on any atom is 0.102 e. The fourth-order valence-corrected chi connectivity index (χ4v) is 6.45. The second-order valence-corrected chi connectivity index (χ2v) is 9.88. The van der Waals surface area contributed by atoms with Crippen molar-refractivity contribution < 1.29 is 24.4 Å². The first-order chi connectivity index (χ1) is 15.5. The van der Waals surface area contributed by atoms with Crippen LogP contribution in [0.15, 0.2) is 60.7 Å². The van der Waals surface area contributed by atoms with Gasteiger partial charge in [-0.25, -0.2) is 0 Å². The summed E-state index contributed by atoms with van der Waals surface area (Å²) < 4.78 is 19.7. The highest BCUT2D eigenvalue weighted by atomic mass is 16.6. The van der Waals surface area contributed by atoms with Crippen LogP contribution < -0.4 is 0 Å². The number of hydrogen-bond acceptors (Lipinski definition) is 5. The first kappa shape index (κ1) is 22.1. The Morgan fingerprint density at radius 2 is 1.53 bits per heavy atom. The van der Waals surface area contributed by atoms with E-state index in [0.717, 1.165) is 11.1 Å². The Kier molecular flexibility index (Phi) is 6.12. The number of hydrogen-bond donors (Lipinski definition) is 2. The van der Waals surface area contributed by atoms with E-state index in [1.54, 1.807) is 6.92 Å². The molecule has 0 radical (unpaired) electrons. The number of aliphatic hydroxyl groups is 2. The van der Waals surface area contributed by atoms with Crippen molar-refractivity contribution in [1.29, 1.82) is 0 Å². The van der Waals surface area contributed by atoms with Crippen molar-refractivity contribution in [1.82, 2.24) is 0 Å². The lowest BCUT2D eigenvalue weighted by Gasteiger charge is -2.50. The number of aliphatic hydroxyl groups excluding tert-OH is 2. The van der Waals surface area contributed by atoms with Crippen LogP contribution in [-0.4, -0.2) is 46.3 Å². The Morgan fingerprint density at radius 3 is 2.09 bits per heavy atom. The van der Waals surface area contributed by atoms with E-state index in [2.05, 4.69) is 31.2 Å². The van der Waals surface area contributed by atoms with E-state index in [0.29, 0.717) is 26.1 Å². The molecule has 2 saturated carbocycles. The molecule has 5 nitrogen and oxygen atoms in total. The van der Waals surface area contributed by atoms with Crippen LogP contribution >= 0.6 is 0 Å². The van der Waals surface area contributed by atoms with Gasteiger partial charge in [-0.05, 0) is 30.4 Å². The summed E-state index contributed by atoms with van der Waals surface area (Å²) in [5, 5.41) is 21.5. The zero-order valence-corrected chi connectivity index (χ0v) is 18.8. The third kappa shape index (κ3) is 3.80. The monoisotopic (exact) mass is 438 g/mol. The van der Waals surface area contributed by atoms with E-state index in [1.807, 2.05) is 36.4 Å². The standard InChI is InChI=1S/C27H34O5/c1-17-24(30-15-19-9-5-3-6-10-19)23-22-13-21(29)14-27(23,18(2)28)32-26(22)25(17)31-16-20-11-7-4-8-12-20/h3-12,17-18,21-26,28-29H,13-16H2,1-2H3/t17-,18-,21+,22-,23+,24-,25-,26-,27-/m1/s1. The van der Waals surface area contributed by atoms with Crippen molar-refractivity contribution in [2.24, 2.45) is 17.8 Å².